The third kappa shape index (κ3) is 5.13. The van der Waals surface area contributed by atoms with Gasteiger partial charge in [0.25, 0.3) is 0 Å². The van der Waals surface area contributed by atoms with Crippen LogP contribution in [0.4, 0.5) is 0 Å². The number of fused-ring (bicyclic) bond motifs is 1. The summed E-state index contributed by atoms with van der Waals surface area (Å²) in [6, 6.07) is 12.8. The zero-order valence-electron chi connectivity index (χ0n) is 20.3. The smallest absolute Gasteiger partial charge is 0.126 e. The van der Waals surface area contributed by atoms with Crippen LogP contribution in [0.2, 0.25) is 0 Å². The van der Waals surface area contributed by atoms with Crippen molar-refractivity contribution in [3.05, 3.63) is 108 Å². The molecule has 0 bridgehead atoms. The number of hydrogen-bond donors (Lipinski definition) is 1. The minimum atomic E-state index is -0.579. The molecule has 0 aliphatic carbocycles. The lowest BCUT2D eigenvalue weighted by Gasteiger charge is -2.31. The van der Waals surface area contributed by atoms with Gasteiger partial charge in [-0.15, -0.1) is 6.58 Å². The van der Waals surface area contributed by atoms with Crippen molar-refractivity contribution in [2.75, 3.05) is 20.7 Å². The van der Waals surface area contributed by atoms with E-state index in [1.54, 1.807) is 13.2 Å². The minimum absolute atomic E-state index is 0.579. The molecule has 0 amide bonds. The van der Waals surface area contributed by atoms with Gasteiger partial charge in [0, 0.05) is 28.9 Å². The first-order valence-corrected chi connectivity index (χ1v) is 11.3. The molecular formula is C30H34N2O. The van der Waals surface area contributed by atoms with E-state index < -0.39 is 5.54 Å². The molecule has 0 fully saturated rings. The van der Waals surface area contributed by atoms with Crippen molar-refractivity contribution >= 4 is 11.5 Å². The zero-order valence-corrected chi connectivity index (χ0v) is 20.3. The normalized spacial score (nSPS) is 14.7. The highest BCUT2D eigenvalue weighted by Crippen LogP contribution is 2.33. The Balaban J connectivity index is 1.89. The lowest BCUT2D eigenvalue weighted by atomic mass is 9.97. The maximum atomic E-state index is 5.54. The quantitative estimate of drug-likeness (QED) is 0.247. The van der Waals surface area contributed by atoms with Crippen molar-refractivity contribution in [2.45, 2.75) is 32.4 Å². The molecule has 3 rings (SSSR count). The van der Waals surface area contributed by atoms with Crippen molar-refractivity contribution in [3.63, 3.8) is 0 Å². The van der Waals surface area contributed by atoms with Crippen LogP contribution in [0.15, 0.2) is 74.4 Å². The molecule has 1 aliphatic heterocycles. The number of nitrogens with one attached hydrogen (secondary N) is 1. The molecule has 1 N–H and O–H groups in total. The van der Waals surface area contributed by atoms with E-state index in [2.05, 4.69) is 86.0 Å². The maximum Gasteiger partial charge on any atom is 0.126 e. The summed E-state index contributed by atoms with van der Waals surface area (Å²) in [4.78, 5) is 2.29. The topological polar surface area (TPSA) is 24.5 Å². The monoisotopic (exact) mass is 438 g/mol. The number of hydrogen-bond acceptors (Lipinski definition) is 3. The predicted octanol–water partition coefficient (Wildman–Crippen LogP) is 5.71. The SMILES string of the molecule is C=C/C=C(/OC)c1cc(C#C[C@](C=C)(CN2Cc3ccc(CC)cc3C2=C)NC)ccc1C. The van der Waals surface area contributed by atoms with Crippen molar-refractivity contribution in [2.24, 2.45) is 0 Å². The Hall–Kier alpha value is -3.48. The molecule has 2 aromatic rings. The fourth-order valence-corrected chi connectivity index (χ4v) is 4.10. The van der Waals surface area contributed by atoms with Crippen molar-refractivity contribution in [3.8, 4) is 11.8 Å². The highest BCUT2D eigenvalue weighted by atomic mass is 16.5. The average Bonchev–Trinajstić information content (AvgIpc) is 3.15. The third-order valence-corrected chi connectivity index (χ3v) is 6.29. The largest absolute Gasteiger partial charge is 0.496 e. The second kappa shape index (κ2) is 10.4. The summed E-state index contributed by atoms with van der Waals surface area (Å²) in [5.41, 5.74) is 7.38. The molecule has 1 atom stereocenters. The summed E-state index contributed by atoms with van der Waals surface area (Å²) < 4.78 is 5.54. The van der Waals surface area contributed by atoms with E-state index in [1.807, 2.05) is 25.3 Å². The van der Waals surface area contributed by atoms with Crippen LogP contribution in [-0.2, 0) is 17.7 Å². The van der Waals surface area contributed by atoms with Gasteiger partial charge < -0.3 is 9.64 Å². The predicted molar refractivity (Wildman–Crippen MR) is 140 cm³/mol. The van der Waals surface area contributed by atoms with E-state index >= 15 is 0 Å². The number of nitrogens with zero attached hydrogens (tertiary/aromatic N) is 1. The minimum Gasteiger partial charge on any atom is -0.496 e. The number of ether oxygens (including phenoxy) is 1. The fraction of sp³-hybridized carbons (Fsp3) is 0.267. The van der Waals surface area contributed by atoms with Gasteiger partial charge in [0.1, 0.15) is 11.3 Å². The molecule has 3 heteroatoms. The van der Waals surface area contributed by atoms with E-state index in [1.165, 1.54) is 16.7 Å². The molecule has 33 heavy (non-hydrogen) atoms. The first-order chi connectivity index (χ1) is 15.9. The lowest BCUT2D eigenvalue weighted by molar-refractivity contribution is 0.341. The summed E-state index contributed by atoms with van der Waals surface area (Å²) in [5.74, 6) is 7.57. The molecule has 0 spiro atoms. The van der Waals surface area contributed by atoms with Crippen LogP contribution in [0.3, 0.4) is 0 Å². The average molecular weight is 439 g/mol. The Morgan fingerprint density at radius 3 is 2.67 bits per heavy atom. The summed E-state index contributed by atoms with van der Waals surface area (Å²) >= 11 is 0. The van der Waals surface area contributed by atoms with Crippen LogP contribution in [-0.4, -0.2) is 31.1 Å². The van der Waals surface area contributed by atoms with E-state index in [0.717, 1.165) is 41.1 Å². The number of benzene rings is 2. The summed E-state index contributed by atoms with van der Waals surface area (Å²) in [6.45, 7) is 18.0. The van der Waals surface area contributed by atoms with Crippen LogP contribution in [0.1, 0.15) is 40.3 Å². The van der Waals surface area contributed by atoms with Gasteiger partial charge >= 0.3 is 0 Å². The van der Waals surface area contributed by atoms with Gasteiger partial charge in [0.15, 0.2) is 0 Å². The molecule has 0 radical (unpaired) electrons. The van der Waals surface area contributed by atoms with Crippen molar-refractivity contribution in [1.82, 2.24) is 10.2 Å². The number of likely N-dealkylation sites (N-methyl/N-ethyl adjacent to an activating group) is 1. The first kappa shape index (κ1) is 24.2. The Kier molecular flexibility index (Phi) is 7.63. The van der Waals surface area contributed by atoms with Gasteiger partial charge in [-0.3, -0.25) is 5.32 Å². The van der Waals surface area contributed by atoms with Crippen LogP contribution >= 0.6 is 0 Å². The number of methoxy groups -OCH3 is 1. The third-order valence-electron chi connectivity index (χ3n) is 6.29. The molecule has 0 saturated carbocycles. The van der Waals surface area contributed by atoms with E-state index in [9.17, 15) is 0 Å². The van der Waals surface area contributed by atoms with Gasteiger partial charge in [-0.05, 0) is 61.4 Å². The van der Waals surface area contributed by atoms with Gasteiger partial charge in [0.05, 0.1) is 13.7 Å². The van der Waals surface area contributed by atoms with E-state index in [-0.39, 0.29) is 0 Å². The molecule has 0 aromatic heterocycles. The second-order valence-electron chi connectivity index (χ2n) is 8.32. The van der Waals surface area contributed by atoms with Crippen molar-refractivity contribution in [1.29, 1.82) is 0 Å². The molecule has 0 saturated heterocycles. The second-order valence-corrected chi connectivity index (χ2v) is 8.32. The van der Waals surface area contributed by atoms with Crippen LogP contribution in [0.25, 0.3) is 11.5 Å². The highest BCUT2D eigenvalue weighted by molar-refractivity contribution is 5.70. The fourth-order valence-electron chi connectivity index (χ4n) is 4.10. The van der Waals surface area contributed by atoms with Crippen LogP contribution in [0, 0.1) is 18.8 Å². The molecule has 1 aliphatic rings. The molecule has 3 nitrogen and oxygen atoms in total. The lowest BCUT2D eigenvalue weighted by Crippen LogP contribution is -2.48. The van der Waals surface area contributed by atoms with Crippen LogP contribution < -0.4 is 5.32 Å². The zero-order chi connectivity index (χ0) is 24.0. The Bertz CT molecular complexity index is 1160. The molecule has 2 aromatic carbocycles. The standard InChI is InChI=1S/C30H34N2O/c1-8-11-29(33-7)27-19-25(13-12-22(27)4)16-17-30(10-3,31-6)21-32-20-26-15-14-24(9-2)18-28(26)23(32)5/h8,10-15,18-19,31H,1,3,5,9,20-21H2,2,4,6-7H3/b29-11+/t30-/m1/s1. The van der Waals surface area contributed by atoms with Crippen molar-refractivity contribution < 1.29 is 4.74 Å². The first-order valence-electron chi connectivity index (χ1n) is 11.3. The van der Waals surface area contributed by atoms with Crippen LogP contribution in [0.5, 0.6) is 0 Å². The number of allylic oxidation sites excluding steroid dienone is 2. The molecule has 170 valence electrons. The summed E-state index contributed by atoms with van der Waals surface area (Å²) in [6.07, 6.45) is 6.50. The molecule has 1 heterocycles. The molecular weight excluding hydrogens is 404 g/mol. The van der Waals surface area contributed by atoms with Gasteiger partial charge in [-0.2, -0.15) is 0 Å². The maximum absolute atomic E-state index is 5.54. The molecule has 0 unspecified atom stereocenters. The summed E-state index contributed by atoms with van der Waals surface area (Å²) in [7, 11) is 3.59. The van der Waals surface area contributed by atoms with Gasteiger partial charge in [0.2, 0.25) is 0 Å². The Morgan fingerprint density at radius 1 is 1.24 bits per heavy atom. The Morgan fingerprint density at radius 2 is 2.03 bits per heavy atom. The Labute approximate surface area is 199 Å². The number of rotatable bonds is 8. The van der Waals surface area contributed by atoms with Gasteiger partial charge in [-0.1, -0.05) is 62.3 Å². The van der Waals surface area contributed by atoms with E-state index in [0.29, 0.717) is 6.54 Å². The van der Waals surface area contributed by atoms with Gasteiger partial charge in [-0.25, -0.2) is 0 Å². The summed E-state index contributed by atoms with van der Waals surface area (Å²) in [5, 5.41) is 3.39. The van der Waals surface area contributed by atoms with E-state index in [4.69, 9.17) is 4.74 Å². The highest BCUT2D eigenvalue weighted by Gasteiger charge is 2.30. The number of aryl methyl sites for hydroxylation is 2.